The van der Waals surface area contributed by atoms with Gasteiger partial charge in [-0.3, -0.25) is 9.20 Å². The standard InChI is InChI=1S/C5H6NOS/c1-2-5-6-3-4-8(5)7/h3H,2H2,1H3/q-1. The average Bonchev–Trinajstić information content (AvgIpc) is 2.14. The van der Waals surface area contributed by atoms with Gasteiger partial charge in [-0.25, -0.2) is 0 Å². The molecular formula is C5H6NOS-. The molecule has 2 nitrogen and oxygen atoms in total. The summed E-state index contributed by atoms with van der Waals surface area (Å²) in [6.45, 7) is 1.93. The highest BCUT2D eigenvalue weighted by Gasteiger charge is 1.94. The van der Waals surface area contributed by atoms with Crippen molar-refractivity contribution in [3.8, 4) is 0 Å². The second-order valence-electron chi connectivity index (χ2n) is 1.39. The fourth-order valence-corrected chi connectivity index (χ4v) is 1.18. The zero-order valence-electron chi connectivity index (χ0n) is 4.55. The van der Waals surface area contributed by atoms with Crippen LogP contribution < -0.4 is 0 Å². The van der Waals surface area contributed by atoms with Crippen LogP contribution in [0.3, 0.4) is 0 Å². The van der Waals surface area contributed by atoms with Gasteiger partial charge in [0.2, 0.25) is 0 Å². The lowest BCUT2D eigenvalue weighted by atomic mass is 10.5. The summed E-state index contributed by atoms with van der Waals surface area (Å²) in [6.07, 6.45) is 2.23. The van der Waals surface area contributed by atoms with Crippen LogP contribution in [-0.4, -0.2) is 9.25 Å². The Labute approximate surface area is 50.8 Å². The maximum Gasteiger partial charge on any atom is 0.0699 e. The van der Waals surface area contributed by atoms with Crippen molar-refractivity contribution >= 4 is 15.8 Å². The molecule has 0 radical (unpaired) electrons. The summed E-state index contributed by atoms with van der Waals surface area (Å²) in [7, 11) is -1.02. The molecule has 0 amide bonds. The summed E-state index contributed by atoms with van der Waals surface area (Å²) in [5.74, 6) is 0. The maximum absolute atomic E-state index is 10.6. The summed E-state index contributed by atoms with van der Waals surface area (Å²) >= 11 is 0. The molecule has 0 aliphatic carbocycles. The summed E-state index contributed by atoms with van der Waals surface area (Å²) in [6, 6.07) is 0. The third kappa shape index (κ3) is 0.865. The van der Waals surface area contributed by atoms with Crippen LogP contribution in [0.1, 0.15) is 13.3 Å². The molecule has 3 heteroatoms. The average molecular weight is 128 g/mol. The Hall–Kier alpha value is -0.440. The Balaban J connectivity index is 2.73. The first-order valence-corrected chi connectivity index (χ1v) is 3.56. The van der Waals surface area contributed by atoms with Gasteiger partial charge in [-0.15, -0.1) is 6.20 Å². The molecule has 0 spiro atoms. The highest BCUT2D eigenvalue weighted by Crippen LogP contribution is 2.01. The third-order valence-electron chi connectivity index (χ3n) is 0.885. The van der Waals surface area contributed by atoms with Crippen molar-refractivity contribution < 1.29 is 4.21 Å². The molecule has 0 bridgehead atoms. The topological polar surface area (TPSA) is 29.4 Å². The predicted molar refractivity (Wildman–Crippen MR) is 33.7 cm³/mol. The highest BCUT2D eigenvalue weighted by atomic mass is 32.2. The maximum atomic E-state index is 10.6. The summed E-state index contributed by atoms with van der Waals surface area (Å²) in [5, 5.41) is 3.29. The van der Waals surface area contributed by atoms with E-state index in [2.05, 4.69) is 10.4 Å². The molecular weight excluding hydrogens is 122 g/mol. The van der Waals surface area contributed by atoms with Gasteiger partial charge in [-0.2, -0.15) is 0 Å². The zero-order chi connectivity index (χ0) is 5.98. The van der Waals surface area contributed by atoms with Gasteiger partial charge in [0.1, 0.15) is 0 Å². The van der Waals surface area contributed by atoms with E-state index in [0.29, 0.717) is 0 Å². The predicted octanol–water partition coefficient (Wildman–Crippen LogP) is 0.832. The van der Waals surface area contributed by atoms with E-state index in [0.717, 1.165) is 11.5 Å². The van der Waals surface area contributed by atoms with Crippen LogP contribution in [0.2, 0.25) is 0 Å². The molecule has 0 N–H and O–H groups in total. The molecule has 0 aromatic heterocycles. The Kier molecular flexibility index (Phi) is 1.58. The number of hydrogen-bond acceptors (Lipinski definition) is 2. The van der Waals surface area contributed by atoms with Gasteiger partial charge in [0.15, 0.2) is 0 Å². The fourth-order valence-electron chi connectivity index (χ4n) is 0.484. The van der Waals surface area contributed by atoms with Crippen LogP contribution in [0.4, 0.5) is 0 Å². The van der Waals surface area contributed by atoms with Crippen molar-refractivity contribution in [1.29, 1.82) is 0 Å². The molecule has 0 fully saturated rings. The molecule has 0 saturated carbocycles. The first kappa shape index (κ1) is 5.69. The van der Waals surface area contributed by atoms with Gasteiger partial charge in [0, 0.05) is 0 Å². The Morgan fingerprint density at radius 3 is 3.00 bits per heavy atom. The van der Waals surface area contributed by atoms with Crippen LogP contribution in [-0.2, 0) is 10.8 Å². The molecule has 1 aliphatic rings. The fraction of sp³-hybridized carbons (Fsp3) is 0.400. The van der Waals surface area contributed by atoms with Crippen LogP contribution in [0.25, 0.3) is 0 Å². The normalized spacial score (nSPS) is 26.1. The van der Waals surface area contributed by atoms with E-state index >= 15 is 0 Å². The van der Waals surface area contributed by atoms with Crippen molar-refractivity contribution in [3.63, 3.8) is 0 Å². The minimum absolute atomic E-state index is 0.727. The molecule has 1 rings (SSSR count). The van der Waals surface area contributed by atoms with E-state index in [1.165, 1.54) is 6.20 Å². The van der Waals surface area contributed by atoms with Gasteiger partial charge < -0.3 is 5.41 Å². The van der Waals surface area contributed by atoms with Crippen LogP contribution in [0.15, 0.2) is 11.2 Å². The van der Waals surface area contributed by atoms with Crippen molar-refractivity contribution in [2.75, 3.05) is 0 Å². The lowest BCUT2D eigenvalue weighted by Crippen LogP contribution is -1.97. The first-order valence-electron chi connectivity index (χ1n) is 2.41. The lowest BCUT2D eigenvalue weighted by molar-refractivity contribution is 0.694. The molecule has 8 heavy (non-hydrogen) atoms. The van der Waals surface area contributed by atoms with Gasteiger partial charge in [0.05, 0.1) is 5.04 Å². The molecule has 1 atom stereocenters. The highest BCUT2D eigenvalue weighted by molar-refractivity contribution is 8.02. The second kappa shape index (κ2) is 2.22. The van der Waals surface area contributed by atoms with Gasteiger partial charge in [-0.05, 0) is 6.42 Å². The smallest absolute Gasteiger partial charge is 0.0699 e. The molecule has 1 aliphatic heterocycles. The number of rotatable bonds is 1. The van der Waals surface area contributed by atoms with E-state index in [-0.39, 0.29) is 0 Å². The quantitative estimate of drug-likeness (QED) is 0.481. The molecule has 0 aromatic rings. The number of nitrogens with zero attached hydrogens (tertiary/aromatic N) is 1. The van der Waals surface area contributed by atoms with E-state index in [1.807, 2.05) is 6.92 Å². The van der Waals surface area contributed by atoms with E-state index in [4.69, 9.17) is 0 Å². The summed E-state index contributed by atoms with van der Waals surface area (Å²) < 4.78 is 10.6. The Bertz CT molecular complexity index is 171. The van der Waals surface area contributed by atoms with E-state index in [1.54, 1.807) is 0 Å². The van der Waals surface area contributed by atoms with E-state index < -0.39 is 10.8 Å². The molecule has 0 saturated heterocycles. The Morgan fingerprint density at radius 2 is 2.75 bits per heavy atom. The van der Waals surface area contributed by atoms with Crippen LogP contribution in [0, 0.1) is 5.41 Å². The zero-order valence-corrected chi connectivity index (χ0v) is 5.36. The second-order valence-corrected chi connectivity index (χ2v) is 2.64. The summed E-state index contributed by atoms with van der Waals surface area (Å²) in [4.78, 5) is 3.82. The van der Waals surface area contributed by atoms with Crippen LogP contribution >= 0.6 is 0 Å². The van der Waals surface area contributed by atoms with Crippen molar-refractivity contribution in [1.82, 2.24) is 0 Å². The summed E-state index contributed by atoms with van der Waals surface area (Å²) in [5.41, 5.74) is 0. The van der Waals surface area contributed by atoms with Crippen molar-refractivity contribution in [3.05, 3.63) is 11.6 Å². The largest absolute Gasteiger partial charge is 0.371 e. The van der Waals surface area contributed by atoms with Gasteiger partial charge >= 0.3 is 0 Å². The van der Waals surface area contributed by atoms with Gasteiger partial charge in [-0.1, -0.05) is 17.7 Å². The number of hydrogen-bond donors (Lipinski definition) is 0. The van der Waals surface area contributed by atoms with E-state index in [9.17, 15) is 4.21 Å². The first-order chi connectivity index (χ1) is 3.84. The Morgan fingerprint density at radius 1 is 2.00 bits per heavy atom. The minimum atomic E-state index is -1.02. The molecule has 1 heterocycles. The SMILES string of the molecule is CCC1=NC=[C-]S1=O. The number of aliphatic imine (C=N–C) groups is 1. The molecule has 44 valence electrons. The molecule has 0 aromatic carbocycles. The van der Waals surface area contributed by atoms with Crippen molar-refractivity contribution in [2.45, 2.75) is 13.3 Å². The third-order valence-corrected chi connectivity index (χ3v) is 2.03. The minimum Gasteiger partial charge on any atom is -0.371 e. The van der Waals surface area contributed by atoms with Gasteiger partial charge in [0.25, 0.3) is 0 Å². The molecule has 1 unspecified atom stereocenters. The lowest BCUT2D eigenvalue weighted by Gasteiger charge is -1.97. The monoisotopic (exact) mass is 128 g/mol. The van der Waals surface area contributed by atoms with Crippen molar-refractivity contribution in [2.24, 2.45) is 4.99 Å². The van der Waals surface area contributed by atoms with Crippen LogP contribution in [0.5, 0.6) is 0 Å².